The molecule has 1 aliphatic heterocycles. The highest BCUT2D eigenvalue weighted by atomic mass is 35.5. The van der Waals surface area contributed by atoms with E-state index in [1.807, 2.05) is 31.3 Å². The van der Waals surface area contributed by atoms with E-state index < -0.39 is 0 Å². The Labute approximate surface area is 157 Å². The van der Waals surface area contributed by atoms with Crippen LogP contribution in [0.2, 0.25) is 5.02 Å². The second kappa shape index (κ2) is 7.05. The fourth-order valence-electron chi connectivity index (χ4n) is 3.32. The first-order valence-electron chi connectivity index (χ1n) is 8.77. The molecule has 7 heteroatoms. The van der Waals surface area contributed by atoms with Crippen LogP contribution in [0.1, 0.15) is 24.0 Å². The summed E-state index contributed by atoms with van der Waals surface area (Å²) < 4.78 is 0. The van der Waals surface area contributed by atoms with Crippen molar-refractivity contribution in [3.8, 4) is 0 Å². The predicted molar refractivity (Wildman–Crippen MR) is 106 cm³/mol. The minimum Gasteiger partial charge on any atom is -0.368 e. The molecule has 0 radical (unpaired) electrons. The van der Waals surface area contributed by atoms with Gasteiger partial charge in [0, 0.05) is 23.5 Å². The van der Waals surface area contributed by atoms with Gasteiger partial charge < -0.3 is 11.1 Å². The molecule has 0 amide bonds. The van der Waals surface area contributed by atoms with Crippen LogP contribution >= 0.6 is 11.6 Å². The van der Waals surface area contributed by atoms with Crippen LogP contribution in [0, 0.1) is 6.92 Å². The summed E-state index contributed by atoms with van der Waals surface area (Å²) in [5.41, 5.74) is 10.3. The molecule has 0 spiro atoms. The first-order valence-corrected chi connectivity index (χ1v) is 9.14. The molecule has 26 heavy (non-hydrogen) atoms. The number of nitrogens with one attached hydrogen (secondary N) is 1. The summed E-state index contributed by atoms with van der Waals surface area (Å²) in [7, 11) is 0. The minimum atomic E-state index is 0.222. The topological polar surface area (TPSA) is 80.0 Å². The number of nitrogens with two attached hydrogens (primary N) is 1. The Balaban J connectivity index is 1.69. The number of fused-ring (bicyclic) bond motifs is 1. The molecule has 134 valence electrons. The maximum atomic E-state index is 6.21. The van der Waals surface area contributed by atoms with Gasteiger partial charge in [0.25, 0.3) is 0 Å². The zero-order chi connectivity index (χ0) is 18.1. The largest absolute Gasteiger partial charge is 0.368 e. The molecule has 3 heterocycles. The zero-order valence-electron chi connectivity index (χ0n) is 14.7. The highest BCUT2D eigenvalue weighted by molar-refractivity contribution is 6.31. The Hall–Kier alpha value is -2.44. The molecule has 1 aliphatic rings. The van der Waals surface area contributed by atoms with Gasteiger partial charge in [-0.15, -0.1) is 0 Å². The van der Waals surface area contributed by atoms with E-state index in [2.05, 4.69) is 31.2 Å². The van der Waals surface area contributed by atoms with E-state index in [-0.39, 0.29) is 5.95 Å². The molecule has 0 saturated carbocycles. The van der Waals surface area contributed by atoms with Crippen LogP contribution in [0.3, 0.4) is 0 Å². The van der Waals surface area contributed by atoms with Crippen molar-refractivity contribution in [1.29, 1.82) is 0 Å². The van der Waals surface area contributed by atoms with Crippen molar-refractivity contribution in [1.82, 2.24) is 19.9 Å². The molecule has 3 aromatic rings. The molecular weight excluding hydrogens is 348 g/mol. The average molecular weight is 369 g/mol. The van der Waals surface area contributed by atoms with Crippen LogP contribution in [0.15, 0.2) is 30.5 Å². The highest BCUT2D eigenvalue weighted by Gasteiger charge is 2.14. The van der Waals surface area contributed by atoms with E-state index in [1.54, 1.807) is 0 Å². The van der Waals surface area contributed by atoms with E-state index in [1.165, 1.54) is 12.8 Å². The lowest BCUT2D eigenvalue weighted by Gasteiger charge is -2.15. The van der Waals surface area contributed by atoms with Crippen molar-refractivity contribution in [2.45, 2.75) is 26.3 Å². The molecule has 1 saturated heterocycles. The summed E-state index contributed by atoms with van der Waals surface area (Å²) in [6.07, 6.45) is 4.43. The van der Waals surface area contributed by atoms with Gasteiger partial charge in [-0.1, -0.05) is 17.7 Å². The number of rotatable bonds is 4. The normalized spacial score (nSPS) is 14.8. The van der Waals surface area contributed by atoms with Gasteiger partial charge in [-0.05, 0) is 62.2 Å². The first-order chi connectivity index (χ1) is 12.6. The molecule has 0 bridgehead atoms. The van der Waals surface area contributed by atoms with E-state index in [0.29, 0.717) is 16.4 Å². The fourth-order valence-corrected chi connectivity index (χ4v) is 3.50. The Kier molecular flexibility index (Phi) is 4.61. The zero-order valence-corrected chi connectivity index (χ0v) is 15.4. The summed E-state index contributed by atoms with van der Waals surface area (Å²) in [4.78, 5) is 15.8. The number of hydrogen-bond donors (Lipinski definition) is 2. The van der Waals surface area contributed by atoms with Crippen molar-refractivity contribution >= 4 is 40.1 Å². The van der Waals surface area contributed by atoms with E-state index in [9.17, 15) is 0 Å². The number of nitrogen functional groups attached to an aromatic ring is 1. The van der Waals surface area contributed by atoms with Crippen molar-refractivity contribution < 1.29 is 0 Å². The van der Waals surface area contributed by atoms with Crippen molar-refractivity contribution in [2.75, 3.05) is 24.1 Å². The average Bonchev–Trinajstić information content (AvgIpc) is 3.11. The van der Waals surface area contributed by atoms with Gasteiger partial charge in [-0.25, -0.2) is 4.98 Å². The van der Waals surface area contributed by atoms with Crippen molar-refractivity contribution in [3.05, 3.63) is 46.6 Å². The number of anilines is 3. The number of nitrogens with zero attached hydrogens (tertiary/aromatic N) is 4. The van der Waals surface area contributed by atoms with Gasteiger partial charge in [-0.3, -0.25) is 9.88 Å². The van der Waals surface area contributed by atoms with Gasteiger partial charge in [0.15, 0.2) is 5.82 Å². The Morgan fingerprint density at radius 2 is 2.04 bits per heavy atom. The summed E-state index contributed by atoms with van der Waals surface area (Å²) in [5.74, 6) is 0.811. The van der Waals surface area contributed by atoms with Crippen LogP contribution in [0.4, 0.5) is 17.5 Å². The SMILES string of the molecule is Cc1c(Cl)cccc1Nc1nc(N)nc2cc(CN3CCCC3)cnc12. The molecule has 4 rings (SSSR count). The summed E-state index contributed by atoms with van der Waals surface area (Å²) >= 11 is 6.21. The smallest absolute Gasteiger partial charge is 0.222 e. The number of hydrogen-bond acceptors (Lipinski definition) is 6. The second-order valence-electron chi connectivity index (χ2n) is 6.66. The molecule has 2 aromatic heterocycles. The molecule has 0 unspecified atom stereocenters. The third-order valence-electron chi connectivity index (χ3n) is 4.74. The Bertz CT molecular complexity index is 952. The van der Waals surface area contributed by atoms with E-state index >= 15 is 0 Å². The van der Waals surface area contributed by atoms with Gasteiger partial charge in [0.05, 0.1) is 5.52 Å². The number of halogens is 1. The maximum absolute atomic E-state index is 6.21. The van der Waals surface area contributed by atoms with Crippen LogP contribution < -0.4 is 11.1 Å². The third kappa shape index (κ3) is 3.43. The number of aromatic nitrogens is 3. The highest BCUT2D eigenvalue weighted by Crippen LogP contribution is 2.28. The number of pyridine rings is 1. The van der Waals surface area contributed by atoms with E-state index in [0.717, 1.165) is 42.0 Å². The van der Waals surface area contributed by atoms with Crippen LogP contribution in [-0.2, 0) is 6.54 Å². The predicted octanol–water partition coefficient (Wildman–Crippen LogP) is 3.91. The molecular formula is C19H21ClN6. The maximum Gasteiger partial charge on any atom is 0.222 e. The van der Waals surface area contributed by atoms with Gasteiger partial charge in [0.1, 0.15) is 5.52 Å². The van der Waals surface area contributed by atoms with Gasteiger partial charge in [0.2, 0.25) is 5.95 Å². The fraction of sp³-hybridized carbons (Fsp3) is 0.316. The van der Waals surface area contributed by atoms with Gasteiger partial charge >= 0.3 is 0 Å². The van der Waals surface area contributed by atoms with Crippen LogP contribution in [0.5, 0.6) is 0 Å². The standard InChI is InChI=1S/C19H21ClN6/c1-12-14(20)5-4-6-15(12)23-18-17-16(24-19(21)25-18)9-13(10-22-17)11-26-7-2-3-8-26/h4-6,9-10H,2-3,7-8,11H2,1H3,(H3,21,23,24,25). The molecule has 1 aromatic carbocycles. The summed E-state index contributed by atoms with van der Waals surface area (Å²) in [6.45, 7) is 5.14. The summed E-state index contributed by atoms with van der Waals surface area (Å²) in [5, 5.41) is 4.00. The number of likely N-dealkylation sites (tertiary alicyclic amines) is 1. The first kappa shape index (κ1) is 17.0. The molecule has 6 nitrogen and oxygen atoms in total. The molecule has 0 atom stereocenters. The van der Waals surface area contributed by atoms with Crippen LogP contribution in [0.25, 0.3) is 11.0 Å². The van der Waals surface area contributed by atoms with Gasteiger partial charge in [-0.2, -0.15) is 4.98 Å². The van der Waals surface area contributed by atoms with E-state index in [4.69, 9.17) is 17.3 Å². The lowest BCUT2D eigenvalue weighted by atomic mass is 10.2. The molecule has 1 fully saturated rings. The lowest BCUT2D eigenvalue weighted by molar-refractivity contribution is 0.331. The van der Waals surface area contributed by atoms with Crippen molar-refractivity contribution in [3.63, 3.8) is 0 Å². The monoisotopic (exact) mass is 368 g/mol. The Morgan fingerprint density at radius 1 is 1.23 bits per heavy atom. The van der Waals surface area contributed by atoms with Crippen LogP contribution in [-0.4, -0.2) is 32.9 Å². The molecule has 3 N–H and O–H groups in total. The summed E-state index contributed by atoms with van der Waals surface area (Å²) in [6, 6.07) is 7.76. The second-order valence-corrected chi connectivity index (χ2v) is 7.07. The third-order valence-corrected chi connectivity index (χ3v) is 5.14. The number of benzene rings is 1. The van der Waals surface area contributed by atoms with Crippen molar-refractivity contribution in [2.24, 2.45) is 0 Å². The quantitative estimate of drug-likeness (QED) is 0.726. The lowest BCUT2D eigenvalue weighted by Crippen LogP contribution is -2.18. The Morgan fingerprint density at radius 3 is 2.85 bits per heavy atom. The minimum absolute atomic E-state index is 0.222. The molecule has 0 aliphatic carbocycles.